The van der Waals surface area contributed by atoms with E-state index >= 15 is 0 Å². The van der Waals surface area contributed by atoms with E-state index in [4.69, 9.17) is 0 Å². The maximum absolute atomic E-state index is 4.61. The molecular formula is C41H32N4. The van der Waals surface area contributed by atoms with Gasteiger partial charge in [-0.2, -0.15) is 0 Å². The van der Waals surface area contributed by atoms with Crippen LogP contribution < -0.4 is 4.90 Å². The number of anilines is 3. The van der Waals surface area contributed by atoms with E-state index in [1.807, 2.05) is 60.9 Å². The molecule has 0 aliphatic heterocycles. The molecule has 0 fully saturated rings. The van der Waals surface area contributed by atoms with Crippen molar-refractivity contribution < 1.29 is 0 Å². The van der Waals surface area contributed by atoms with Crippen molar-refractivity contribution in [3.8, 4) is 28.2 Å². The number of aromatic nitrogens is 3. The Morgan fingerprint density at radius 1 is 0.622 bits per heavy atom. The van der Waals surface area contributed by atoms with Gasteiger partial charge in [-0.25, -0.2) is 0 Å². The van der Waals surface area contributed by atoms with E-state index in [1.165, 1.54) is 16.5 Å². The average Bonchev–Trinajstić information content (AvgIpc) is 3.39. The molecule has 0 unspecified atom stereocenters. The molecule has 0 atom stereocenters. The summed E-state index contributed by atoms with van der Waals surface area (Å²) in [6, 6.07) is 46.5. The molecule has 7 rings (SSSR count). The summed E-state index contributed by atoms with van der Waals surface area (Å²) in [7, 11) is 0. The third-order valence-electron chi connectivity index (χ3n) is 8.06. The van der Waals surface area contributed by atoms with E-state index < -0.39 is 0 Å². The molecule has 7 aromatic rings. The second-order valence-electron chi connectivity index (χ2n) is 10.8. The van der Waals surface area contributed by atoms with E-state index in [1.54, 1.807) is 0 Å². The van der Waals surface area contributed by atoms with Gasteiger partial charge in [-0.05, 0) is 97.4 Å². The van der Waals surface area contributed by atoms with Crippen LogP contribution in [0.5, 0.6) is 0 Å². The molecule has 0 bridgehead atoms. The summed E-state index contributed by atoms with van der Waals surface area (Å²) in [5.74, 6) is 0. The standard InChI is InChI=1S/C41H32N4/c1-3-4-20-40-30(2)37-17-5-6-21-41(37)45(40)34-24-22-33(23-25-34)44(35-15-11-13-31(28-35)38-18-7-9-26-42-38)36-16-12-14-32(29-36)39-19-8-10-27-43-39/h3-29H,1H2,2H3/b20-4-. The highest BCUT2D eigenvalue weighted by Gasteiger charge is 2.17. The maximum atomic E-state index is 4.61. The molecule has 3 heterocycles. The first-order valence-corrected chi connectivity index (χ1v) is 15.0. The SMILES string of the molecule is C=C/C=C\c1c(C)c2ccccc2n1-c1ccc(N(c2cccc(-c3ccccn3)c2)c2cccc(-c3ccccn3)c2)cc1. The number of rotatable bonds is 8. The number of aryl methyl sites for hydroxylation is 1. The van der Waals surface area contributed by atoms with E-state index in [-0.39, 0.29) is 0 Å². The van der Waals surface area contributed by atoms with Crippen LogP contribution in [0.1, 0.15) is 11.3 Å². The summed E-state index contributed by atoms with van der Waals surface area (Å²) >= 11 is 0. The third kappa shape index (κ3) is 5.46. The van der Waals surface area contributed by atoms with Gasteiger partial charge in [0.15, 0.2) is 0 Å². The molecule has 45 heavy (non-hydrogen) atoms. The van der Waals surface area contributed by atoms with Crippen molar-refractivity contribution in [1.82, 2.24) is 14.5 Å². The van der Waals surface area contributed by atoms with Gasteiger partial charge in [-0.3, -0.25) is 9.97 Å². The van der Waals surface area contributed by atoms with Crippen molar-refractivity contribution in [1.29, 1.82) is 0 Å². The van der Waals surface area contributed by atoms with Crippen LogP contribution in [0.2, 0.25) is 0 Å². The van der Waals surface area contributed by atoms with Crippen LogP contribution in [0.25, 0.3) is 45.2 Å². The lowest BCUT2D eigenvalue weighted by molar-refractivity contribution is 1.09. The fourth-order valence-corrected chi connectivity index (χ4v) is 5.93. The zero-order valence-corrected chi connectivity index (χ0v) is 25.1. The first-order valence-electron chi connectivity index (χ1n) is 15.0. The number of para-hydroxylation sites is 1. The van der Waals surface area contributed by atoms with Gasteiger partial charge in [-0.15, -0.1) is 0 Å². The molecule has 4 nitrogen and oxygen atoms in total. The molecule has 216 valence electrons. The van der Waals surface area contributed by atoms with E-state index in [0.717, 1.165) is 51.0 Å². The number of nitrogens with zero attached hydrogens (tertiary/aromatic N) is 4. The summed E-state index contributed by atoms with van der Waals surface area (Å²) in [4.78, 5) is 11.5. The largest absolute Gasteiger partial charge is 0.310 e. The minimum Gasteiger partial charge on any atom is -0.310 e. The van der Waals surface area contributed by atoms with Crippen molar-refractivity contribution in [3.05, 3.63) is 176 Å². The van der Waals surface area contributed by atoms with Gasteiger partial charge in [-0.1, -0.05) is 73.3 Å². The van der Waals surface area contributed by atoms with Crippen LogP contribution in [0, 0.1) is 6.92 Å². The number of allylic oxidation sites excluding steroid dienone is 2. The van der Waals surface area contributed by atoms with Gasteiger partial charge in [0.05, 0.1) is 16.9 Å². The number of fused-ring (bicyclic) bond motifs is 1. The van der Waals surface area contributed by atoms with Crippen LogP contribution in [-0.4, -0.2) is 14.5 Å². The Morgan fingerprint density at radius 3 is 1.80 bits per heavy atom. The molecule has 0 N–H and O–H groups in total. The molecule has 0 aliphatic rings. The monoisotopic (exact) mass is 580 g/mol. The quantitative estimate of drug-likeness (QED) is 0.168. The maximum Gasteiger partial charge on any atom is 0.0702 e. The normalized spacial score (nSPS) is 11.2. The molecule has 4 heteroatoms. The second-order valence-corrected chi connectivity index (χ2v) is 10.8. The lowest BCUT2D eigenvalue weighted by Gasteiger charge is -2.27. The molecule has 0 saturated carbocycles. The van der Waals surface area contributed by atoms with Crippen LogP contribution in [-0.2, 0) is 0 Å². The van der Waals surface area contributed by atoms with Gasteiger partial charge in [0.1, 0.15) is 0 Å². The summed E-state index contributed by atoms with van der Waals surface area (Å²) in [5.41, 5.74) is 11.8. The molecule has 0 saturated heterocycles. The van der Waals surface area contributed by atoms with Crippen molar-refractivity contribution in [2.24, 2.45) is 0 Å². The Bertz CT molecular complexity index is 2040. The van der Waals surface area contributed by atoms with Crippen molar-refractivity contribution in [2.45, 2.75) is 6.92 Å². The predicted octanol–water partition coefficient (Wildman–Crippen LogP) is 10.7. The van der Waals surface area contributed by atoms with Gasteiger partial charge in [0, 0.05) is 57.4 Å². The van der Waals surface area contributed by atoms with Crippen molar-refractivity contribution in [2.75, 3.05) is 4.90 Å². The molecule has 3 aromatic heterocycles. The Hall–Kier alpha value is -6.00. The summed E-state index contributed by atoms with van der Waals surface area (Å²) in [5, 5.41) is 1.24. The molecule has 0 radical (unpaired) electrons. The molecular weight excluding hydrogens is 548 g/mol. The molecule has 4 aromatic carbocycles. The summed E-state index contributed by atoms with van der Waals surface area (Å²) < 4.78 is 2.32. The third-order valence-corrected chi connectivity index (χ3v) is 8.06. The second kappa shape index (κ2) is 12.3. The van der Waals surface area contributed by atoms with Gasteiger partial charge < -0.3 is 9.47 Å². The van der Waals surface area contributed by atoms with Crippen molar-refractivity contribution in [3.63, 3.8) is 0 Å². The Kier molecular flexibility index (Phi) is 7.61. The topological polar surface area (TPSA) is 34.0 Å². The fourth-order valence-electron chi connectivity index (χ4n) is 5.93. The van der Waals surface area contributed by atoms with Crippen LogP contribution in [0.3, 0.4) is 0 Å². The highest BCUT2D eigenvalue weighted by molar-refractivity contribution is 5.90. The van der Waals surface area contributed by atoms with Crippen LogP contribution >= 0.6 is 0 Å². The van der Waals surface area contributed by atoms with Crippen LogP contribution in [0.15, 0.2) is 165 Å². The van der Waals surface area contributed by atoms with E-state index in [0.29, 0.717) is 0 Å². The molecule has 0 amide bonds. The van der Waals surface area contributed by atoms with E-state index in [9.17, 15) is 0 Å². The summed E-state index contributed by atoms with van der Waals surface area (Å²) in [6.45, 7) is 6.07. The zero-order chi connectivity index (χ0) is 30.6. The van der Waals surface area contributed by atoms with Gasteiger partial charge >= 0.3 is 0 Å². The van der Waals surface area contributed by atoms with Gasteiger partial charge in [0.2, 0.25) is 0 Å². The first kappa shape index (κ1) is 27.8. The zero-order valence-electron chi connectivity index (χ0n) is 25.1. The minimum atomic E-state index is 0.937. The highest BCUT2D eigenvalue weighted by Crippen LogP contribution is 2.39. The molecule has 0 spiro atoms. The highest BCUT2D eigenvalue weighted by atomic mass is 15.1. The number of hydrogen-bond donors (Lipinski definition) is 0. The Labute approximate surface area is 263 Å². The number of benzene rings is 4. The lowest BCUT2D eigenvalue weighted by atomic mass is 10.1. The van der Waals surface area contributed by atoms with Crippen molar-refractivity contribution >= 4 is 34.0 Å². The van der Waals surface area contributed by atoms with E-state index in [2.05, 4.69) is 136 Å². The smallest absolute Gasteiger partial charge is 0.0702 e. The number of hydrogen-bond acceptors (Lipinski definition) is 3. The average molecular weight is 581 g/mol. The van der Waals surface area contributed by atoms with Gasteiger partial charge in [0.25, 0.3) is 0 Å². The minimum absolute atomic E-state index is 0.937. The Morgan fingerprint density at radius 2 is 1.22 bits per heavy atom. The predicted molar refractivity (Wildman–Crippen MR) is 188 cm³/mol. The first-order chi connectivity index (χ1) is 22.2. The van der Waals surface area contributed by atoms with Crippen LogP contribution in [0.4, 0.5) is 17.1 Å². The summed E-state index contributed by atoms with van der Waals surface area (Å²) in [6.07, 6.45) is 9.62. The number of pyridine rings is 2. The molecule has 0 aliphatic carbocycles. The Balaban J connectivity index is 1.37. The lowest BCUT2D eigenvalue weighted by Crippen LogP contribution is -2.10. The fraction of sp³-hybridized carbons (Fsp3) is 0.0244.